The molecule has 0 saturated heterocycles. The maximum atomic E-state index is 11.5. The van der Waals surface area contributed by atoms with Crippen molar-refractivity contribution in [3.05, 3.63) is 131 Å². The van der Waals surface area contributed by atoms with E-state index in [0.717, 1.165) is 34.1 Å². The molecule has 0 spiro atoms. The summed E-state index contributed by atoms with van der Waals surface area (Å²) in [5.74, 6) is 0. The first-order valence-corrected chi connectivity index (χ1v) is 8.66. The highest BCUT2D eigenvalue weighted by Crippen LogP contribution is 2.35. The molecule has 0 heterocycles. The van der Waals surface area contributed by atoms with Crippen LogP contribution in [0.1, 0.15) is 11.1 Å². The van der Waals surface area contributed by atoms with Crippen LogP contribution in [0.2, 0.25) is 0 Å². The van der Waals surface area contributed by atoms with Gasteiger partial charge in [-0.3, -0.25) is 4.79 Å². The van der Waals surface area contributed by atoms with Gasteiger partial charge in [0.2, 0.25) is 0 Å². The molecule has 0 bridgehead atoms. The van der Waals surface area contributed by atoms with Crippen LogP contribution in [0.25, 0.3) is 11.1 Å². The SMILES string of the molecule is O=CC1=CC=C2C=C(c3ccccc3)C=CC=C2C(c2ccccc2)=C1. The summed E-state index contributed by atoms with van der Waals surface area (Å²) < 4.78 is 0. The third kappa shape index (κ3) is 3.20. The fourth-order valence-corrected chi connectivity index (χ4v) is 3.24. The minimum absolute atomic E-state index is 0.670. The third-order valence-corrected chi connectivity index (χ3v) is 4.55. The van der Waals surface area contributed by atoms with Crippen molar-refractivity contribution in [3.8, 4) is 0 Å². The molecule has 0 saturated carbocycles. The van der Waals surface area contributed by atoms with Gasteiger partial charge in [0.1, 0.15) is 6.29 Å². The number of hydrogen-bond acceptors (Lipinski definition) is 1. The molecule has 2 aromatic carbocycles. The van der Waals surface area contributed by atoms with Gasteiger partial charge in [-0.15, -0.1) is 0 Å². The van der Waals surface area contributed by atoms with Gasteiger partial charge in [0.15, 0.2) is 0 Å². The van der Waals surface area contributed by atoms with E-state index in [2.05, 4.69) is 48.6 Å². The van der Waals surface area contributed by atoms with E-state index in [4.69, 9.17) is 0 Å². The van der Waals surface area contributed by atoms with Gasteiger partial charge in [0.25, 0.3) is 0 Å². The van der Waals surface area contributed by atoms with Crippen LogP contribution in [0, 0.1) is 0 Å². The van der Waals surface area contributed by atoms with Gasteiger partial charge in [-0.1, -0.05) is 91.0 Å². The summed E-state index contributed by atoms with van der Waals surface area (Å²) in [6, 6.07) is 20.5. The molecule has 2 aromatic rings. The van der Waals surface area contributed by atoms with Gasteiger partial charge in [-0.25, -0.2) is 0 Å². The number of rotatable bonds is 3. The molecule has 0 amide bonds. The maximum absolute atomic E-state index is 11.5. The molecule has 2 aliphatic carbocycles. The van der Waals surface area contributed by atoms with Crippen LogP contribution in [0.4, 0.5) is 0 Å². The molecule has 26 heavy (non-hydrogen) atoms. The fourth-order valence-electron chi connectivity index (χ4n) is 3.24. The Morgan fingerprint density at radius 1 is 0.615 bits per heavy atom. The first-order chi connectivity index (χ1) is 12.8. The Kier molecular flexibility index (Phi) is 4.44. The second-order valence-corrected chi connectivity index (χ2v) is 6.24. The van der Waals surface area contributed by atoms with Gasteiger partial charge in [0.05, 0.1) is 0 Å². The van der Waals surface area contributed by atoms with Gasteiger partial charge in [0, 0.05) is 5.57 Å². The van der Waals surface area contributed by atoms with Crippen molar-refractivity contribution in [2.24, 2.45) is 0 Å². The lowest BCUT2D eigenvalue weighted by Gasteiger charge is -2.13. The monoisotopic (exact) mass is 334 g/mol. The molecule has 0 atom stereocenters. The predicted octanol–water partition coefficient (Wildman–Crippen LogP) is 5.72. The molecule has 4 rings (SSSR count). The Balaban J connectivity index is 1.86. The van der Waals surface area contributed by atoms with Crippen LogP contribution in [0.3, 0.4) is 0 Å². The average Bonchev–Trinajstić information content (AvgIpc) is 3.01. The predicted molar refractivity (Wildman–Crippen MR) is 108 cm³/mol. The summed E-state index contributed by atoms with van der Waals surface area (Å²) in [4.78, 5) is 11.5. The zero-order chi connectivity index (χ0) is 17.8. The van der Waals surface area contributed by atoms with Crippen molar-refractivity contribution >= 4 is 17.4 Å². The Morgan fingerprint density at radius 3 is 2.00 bits per heavy atom. The van der Waals surface area contributed by atoms with Crippen molar-refractivity contribution in [1.82, 2.24) is 0 Å². The molecule has 0 fully saturated rings. The fraction of sp³-hybridized carbons (Fsp3) is 0. The summed E-state index contributed by atoms with van der Waals surface area (Å²) in [6.45, 7) is 0. The van der Waals surface area contributed by atoms with E-state index < -0.39 is 0 Å². The molecule has 1 nitrogen and oxygen atoms in total. The maximum Gasteiger partial charge on any atom is 0.150 e. The second-order valence-electron chi connectivity index (χ2n) is 6.24. The first kappa shape index (κ1) is 16.0. The third-order valence-electron chi connectivity index (χ3n) is 4.55. The van der Waals surface area contributed by atoms with Gasteiger partial charge < -0.3 is 0 Å². The molecule has 1 heteroatoms. The number of hydrogen-bond donors (Lipinski definition) is 0. The van der Waals surface area contributed by atoms with E-state index in [-0.39, 0.29) is 0 Å². The van der Waals surface area contributed by atoms with Crippen molar-refractivity contribution < 1.29 is 4.79 Å². The lowest BCUT2D eigenvalue weighted by molar-refractivity contribution is -0.104. The summed E-state index contributed by atoms with van der Waals surface area (Å²) in [6.07, 6.45) is 15.3. The lowest BCUT2D eigenvalue weighted by atomic mass is 9.91. The number of allylic oxidation sites excluding steroid dienone is 12. The zero-order valence-corrected chi connectivity index (χ0v) is 14.3. The van der Waals surface area contributed by atoms with Crippen LogP contribution in [-0.4, -0.2) is 6.29 Å². The van der Waals surface area contributed by atoms with Crippen LogP contribution >= 0.6 is 0 Å². The van der Waals surface area contributed by atoms with Crippen LogP contribution in [0.5, 0.6) is 0 Å². The number of carbonyl (C=O) groups is 1. The molecule has 124 valence electrons. The first-order valence-electron chi connectivity index (χ1n) is 8.66. The molecule has 2 aliphatic rings. The molecule has 0 unspecified atom stereocenters. The number of carbonyl (C=O) groups excluding carboxylic acids is 1. The lowest BCUT2D eigenvalue weighted by Crippen LogP contribution is -1.93. The quantitative estimate of drug-likeness (QED) is 0.657. The second kappa shape index (κ2) is 7.20. The zero-order valence-electron chi connectivity index (χ0n) is 14.3. The van der Waals surface area contributed by atoms with Gasteiger partial charge in [-0.05, 0) is 45.6 Å². The highest BCUT2D eigenvalue weighted by Gasteiger charge is 2.16. The highest BCUT2D eigenvalue weighted by atomic mass is 16.1. The van der Waals surface area contributed by atoms with E-state index >= 15 is 0 Å². The van der Waals surface area contributed by atoms with Crippen LogP contribution < -0.4 is 0 Å². The standard InChI is InChI=1S/C25H18O/c26-18-19-14-15-23-17-22(20-8-3-1-4-9-20)12-7-13-24(23)25(16-19)21-10-5-2-6-11-21/h1-18H. The van der Waals surface area contributed by atoms with Crippen molar-refractivity contribution in [2.75, 3.05) is 0 Å². The Bertz CT molecular complexity index is 1010. The number of benzene rings is 2. The smallest absolute Gasteiger partial charge is 0.150 e. The number of aldehydes is 1. The topological polar surface area (TPSA) is 17.1 Å². The molecule has 0 aliphatic heterocycles. The van der Waals surface area contributed by atoms with Crippen LogP contribution in [0.15, 0.2) is 120 Å². The molecule has 0 aromatic heterocycles. The van der Waals surface area contributed by atoms with Crippen molar-refractivity contribution in [1.29, 1.82) is 0 Å². The highest BCUT2D eigenvalue weighted by molar-refractivity contribution is 5.95. The molecular formula is C25H18O. The van der Waals surface area contributed by atoms with Crippen molar-refractivity contribution in [3.63, 3.8) is 0 Å². The van der Waals surface area contributed by atoms with Gasteiger partial charge >= 0.3 is 0 Å². The van der Waals surface area contributed by atoms with E-state index in [1.54, 1.807) is 0 Å². The number of fused-ring (bicyclic) bond motifs is 1. The minimum Gasteiger partial charge on any atom is -0.298 e. The average molecular weight is 334 g/mol. The Labute approximate surface area is 153 Å². The Hall–Kier alpha value is -3.45. The van der Waals surface area contributed by atoms with Crippen LogP contribution in [-0.2, 0) is 4.79 Å². The molecule has 0 radical (unpaired) electrons. The summed E-state index contributed by atoms with van der Waals surface area (Å²) >= 11 is 0. The van der Waals surface area contributed by atoms with E-state index in [9.17, 15) is 4.79 Å². The molecule has 0 N–H and O–H groups in total. The minimum atomic E-state index is 0.670. The van der Waals surface area contributed by atoms with E-state index in [1.807, 2.05) is 54.6 Å². The van der Waals surface area contributed by atoms with Crippen molar-refractivity contribution in [2.45, 2.75) is 0 Å². The largest absolute Gasteiger partial charge is 0.298 e. The van der Waals surface area contributed by atoms with Gasteiger partial charge in [-0.2, -0.15) is 0 Å². The van der Waals surface area contributed by atoms with E-state index in [1.165, 1.54) is 5.56 Å². The summed E-state index contributed by atoms with van der Waals surface area (Å²) in [5, 5.41) is 0. The molecular weight excluding hydrogens is 316 g/mol. The summed E-state index contributed by atoms with van der Waals surface area (Å²) in [7, 11) is 0. The van der Waals surface area contributed by atoms with E-state index in [0.29, 0.717) is 5.57 Å². The normalized spacial score (nSPS) is 16.1. The Morgan fingerprint density at radius 2 is 1.31 bits per heavy atom. The summed E-state index contributed by atoms with van der Waals surface area (Å²) in [5.41, 5.74) is 7.37.